The van der Waals surface area contributed by atoms with Crippen LogP contribution >= 0.6 is 0 Å². The van der Waals surface area contributed by atoms with Gasteiger partial charge in [-0.15, -0.1) is 0 Å². The number of hydrogen-bond acceptors (Lipinski definition) is 7. The van der Waals surface area contributed by atoms with Crippen LogP contribution in [0.4, 0.5) is 5.82 Å². The Hall–Kier alpha value is -4.07. The van der Waals surface area contributed by atoms with E-state index in [0.717, 1.165) is 33.8 Å². The van der Waals surface area contributed by atoms with E-state index >= 15 is 0 Å². The molecular formula is C21H17N7O. The quantitative estimate of drug-likeness (QED) is 0.565. The van der Waals surface area contributed by atoms with Gasteiger partial charge in [-0.3, -0.25) is 19.7 Å². The Morgan fingerprint density at radius 2 is 1.76 bits per heavy atom. The van der Waals surface area contributed by atoms with Crippen LogP contribution in [0.2, 0.25) is 0 Å². The Morgan fingerprint density at radius 1 is 0.862 bits per heavy atom. The standard InChI is InChI=1S/C21H17N7O/c1-14-15(2-4-18(27-14)17-6-7-25-26-12-17)10-21(29)28-20-5-3-16(11-24-20)19-13-22-8-9-23-19/h2-9,11-13H,10H2,1H3,(H,24,28,29). The van der Waals surface area contributed by atoms with Crippen LogP contribution in [0.15, 0.2) is 67.5 Å². The van der Waals surface area contributed by atoms with Gasteiger partial charge in [-0.1, -0.05) is 6.07 Å². The molecule has 0 aliphatic carbocycles. The molecule has 0 bridgehead atoms. The van der Waals surface area contributed by atoms with Crippen molar-refractivity contribution in [2.24, 2.45) is 0 Å². The number of rotatable bonds is 5. The number of aryl methyl sites for hydroxylation is 1. The van der Waals surface area contributed by atoms with Gasteiger partial charge in [0.2, 0.25) is 5.91 Å². The van der Waals surface area contributed by atoms with Gasteiger partial charge in [0.25, 0.3) is 0 Å². The molecular weight excluding hydrogens is 366 g/mol. The van der Waals surface area contributed by atoms with E-state index in [1.165, 1.54) is 0 Å². The molecule has 4 rings (SSSR count). The fourth-order valence-corrected chi connectivity index (χ4v) is 2.81. The van der Waals surface area contributed by atoms with Crippen LogP contribution in [0.1, 0.15) is 11.3 Å². The number of aromatic nitrogens is 6. The summed E-state index contributed by atoms with van der Waals surface area (Å²) in [6.07, 6.45) is 10.0. The molecule has 1 amide bonds. The number of anilines is 1. The highest BCUT2D eigenvalue weighted by Crippen LogP contribution is 2.19. The number of amides is 1. The van der Waals surface area contributed by atoms with E-state index in [1.54, 1.807) is 43.2 Å². The van der Waals surface area contributed by atoms with Crippen LogP contribution in [-0.4, -0.2) is 36.0 Å². The lowest BCUT2D eigenvalue weighted by molar-refractivity contribution is -0.115. The van der Waals surface area contributed by atoms with Crippen LogP contribution in [0.3, 0.4) is 0 Å². The van der Waals surface area contributed by atoms with E-state index in [9.17, 15) is 4.79 Å². The fraction of sp³-hybridized carbons (Fsp3) is 0.0952. The second-order valence-electron chi connectivity index (χ2n) is 6.32. The molecule has 8 heteroatoms. The third-order valence-electron chi connectivity index (χ3n) is 4.32. The monoisotopic (exact) mass is 383 g/mol. The zero-order valence-electron chi connectivity index (χ0n) is 15.6. The summed E-state index contributed by atoms with van der Waals surface area (Å²) < 4.78 is 0. The van der Waals surface area contributed by atoms with Crippen molar-refractivity contribution < 1.29 is 4.79 Å². The van der Waals surface area contributed by atoms with Crippen molar-refractivity contribution in [1.82, 2.24) is 30.1 Å². The van der Waals surface area contributed by atoms with E-state index in [-0.39, 0.29) is 12.3 Å². The minimum absolute atomic E-state index is 0.159. The third-order valence-corrected chi connectivity index (χ3v) is 4.32. The fourth-order valence-electron chi connectivity index (χ4n) is 2.81. The highest BCUT2D eigenvalue weighted by Gasteiger charge is 2.10. The molecule has 0 spiro atoms. The van der Waals surface area contributed by atoms with E-state index < -0.39 is 0 Å². The summed E-state index contributed by atoms with van der Waals surface area (Å²) in [5.74, 6) is 0.320. The lowest BCUT2D eigenvalue weighted by Gasteiger charge is -2.09. The van der Waals surface area contributed by atoms with Gasteiger partial charge in [0.05, 0.1) is 36.4 Å². The topological polar surface area (TPSA) is 106 Å². The molecule has 0 aliphatic heterocycles. The van der Waals surface area contributed by atoms with Gasteiger partial charge in [0.1, 0.15) is 5.82 Å². The largest absolute Gasteiger partial charge is 0.310 e. The lowest BCUT2D eigenvalue weighted by atomic mass is 10.1. The number of hydrogen-bond donors (Lipinski definition) is 1. The lowest BCUT2D eigenvalue weighted by Crippen LogP contribution is -2.16. The number of nitrogens with zero attached hydrogens (tertiary/aromatic N) is 6. The highest BCUT2D eigenvalue weighted by molar-refractivity contribution is 5.91. The van der Waals surface area contributed by atoms with Crippen LogP contribution in [-0.2, 0) is 11.2 Å². The molecule has 1 N–H and O–H groups in total. The minimum atomic E-state index is -0.159. The molecule has 0 unspecified atom stereocenters. The van der Waals surface area contributed by atoms with Crippen LogP contribution in [0.25, 0.3) is 22.5 Å². The third kappa shape index (κ3) is 4.44. The first-order valence-electron chi connectivity index (χ1n) is 8.95. The summed E-state index contributed by atoms with van der Waals surface area (Å²) in [6, 6.07) is 9.21. The Balaban J connectivity index is 1.42. The van der Waals surface area contributed by atoms with Crippen molar-refractivity contribution in [2.45, 2.75) is 13.3 Å². The SMILES string of the molecule is Cc1nc(-c2ccnnc2)ccc1CC(=O)Nc1ccc(-c2cnccn2)cn1. The maximum Gasteiger partial charge on any atom is 0.230 e. The summed E-state index contributed by atoms with van der Waals surface area (Å²) in [4.78, 5) is 29.6. The van der Waals surface area contributed by atoms with Gasteiger partial charge in [0.15, 0.2) is 0 Å². The predicted molar refractivity (Wildman–Crippen MR) is 108 cm³/mol. The van der Waals surface area contributed by atoms with Gasteiger partial charge in [-0.2, -0.15) is 10.2 Å². The maximum atomic E-state index is 12.4. The van der Waals surface area contributed by atoms with Gasteiger partial charge in [-0.25, -0.2) is 4.98 Å². The van der Waals surface area contributed by atoms with E-state index in [1.807, 2.05) is 31.2 Å². The van der Waals surface area contributed by atoms with E-state index in [4.69, 9.17) is 0 Å². The zero-order valence-corrected chi connectivity index (χ0v) is 15.6. The summed E-state index contributed by atoms with van der Waals surface area (Å²) in [6.45, 7) is 1.88. The number of carbonyl (C=O) groups excluding carboxylic acids is 1. The molecule has 4 aromatic heterocycles. The average molecular weight is 383 g/mol. The maximum absolute atomic E-state index is 12.4. The van der Waals surface area contributed by atoms with Crippen molar-refractivity contribution in [3.63, 3.8) is 0 Å². The number of pyridine rings is 2. The van der Waals surface area contributed by atoms with E-state index in [0.29, 0.717) is 5.82 Å². The van der Waals surface area contributed by atoms with E-state index in [2.05, 4.69) is 35.5 Å². The molecule has 0 aliphatic rings. The molecule has 4 aromatic rings. The molecule has 0 atom stereocenters. The van der Waals surface area contributed by atoms with Crippen molar-refractivity contribution >= 4 is 11.7 Å². The van der Waals surface area contributed by atoms with Crippen LogP contribution in [0, 0.1) is 6.92 Å². The van der Waals surface area contributed by atoms with Crippen molar-refractivity contribution in [2.75, 3.05) is 5.32 Å². The molecule has 29 heavy (non-hydrogen) atoms. The van der Waals surface area contributed by atoms with Crippen LogP contribution < -0.4 is 5.32 Å². The summed E-state index contributed by atoms with van der Waals surface area (Å²) in [5.41, 5.74) is 4.88. The number of carbonyl (C=O) groups is 1. The molecule has 0 radical (unpaired) electrons. The van der Waals surface area contributed by atoms with Gasteiger partial charge in [0, 0.05) is 35.4 Å². The zero-order chi connectivity index (χ0) is 20.1. The van der Waals surface area contributed by atoms with Gasteiger partial charge >= 0.3 is 0 Å². The molecule has 0 saturated carbocycles. The second kappa shape index (κ2) is 8.30. The van der Waals surface area contributed by atoms with Crippen molar-refractivity contribution in [3.05, 3.63) is 78.8 Å². The molecule has 0 saturated heterocycles. The summed E-state index contributed by atoms with van der Waals surface area (Å²) in [7, 11) is 0. The normalized spacial score (nSPS) is 10.5. The molecule has 0 fully saturated rings. The van der Waals surface area contributed by atoms with Gasteiger partial charge in [-0.05, 0) is 36.8 Å². The first-order chi connectivity index (χ1) is 14.2. The summed E-state index contributed by atoms with van der Waals surface area (Å²) >= 11 is 0. The first-order valence-corrected chi connectivity index (χ1v) is 8.95. The Morgan fingerprint density at radius 3 is 2.45 bits per heavy atom. The van der Waals surface area contributed by atoms with Gasteiger partial charge < -0.3 is 5.32 Å². The number of nitrogens with one attached hydrogen (secondary N) is 1. The minimum Gasteiger partial charge on any atom is -0.310 e. The smallest absolute Gasteiger partial charge is 0.230 e. The van der Waals surface area contributed by atoms with Crippen LogP contribution in [0.5, 0.6) is 0 Å². The molecule has 8 nitrogen and oxygen atoms in total. The second-order valence-corrected chi connectivity index (χ2v) is 6.32. The average Bonchev–Trinajstić information content (AvgIpc) is 2.77. The first kappa shape index (κ1) is 18.3. The highest BCUT2D eigenvalue weighted by atomic mass is 16.1. The van der Waals surface area contributed by atoms with Crippen molar-refractivity contribution in [3.8, 4) is 22.5 Å². The molecule has 0 aromatic carbocycles. The van der Waals surface area contributed by atoms with Crippen molar-refractivity contribution in [1.29, 1.82) is 0 Å². The molecule has 142 valence electrons. The Kier molecular flexibility index (Phi) is 5.24. The Labute approximate surface area is 167 Å². The molecule has 4 heterocycles. The Bertz CT molecular complexity index is 1120. The predicted octanol–water partition coefficient (Wildman–Crippen LogP) is 2.88. The summed E-state index contributed by atoms with van der Waals surface area (Å²) in [5, 5.41) is 10.4.